The van der Waals surface area contributed by atoms with Crippen molar-refractivity contribution in [3.05, 3.63) is 35.9 Å². The van der Waals surface area contributed by atoms with E-state index in [0.29, 0.717) is 24.8 Å². The third-order valence-corrected chi connectivity index (χ3v) is 9.76. The van der Waals surface area contributed by atoms with Gasteiger partial charge in [0.2, 0.25) is 17.6 Å². The van der Waals surface area contributed by atoms with Gasteiger partial charge in [-0.2, -0.15) is 0 Å². The van der Waals surface area contributed by atoms with E-state index in [1.54, 1.807) is 30.3 Å². The Morgan fingerprint density at radius 2 is 1.75 bits per heavy atom. The molecule has 0 radical (unpaired) electrons. The zero-order valence-corrected chi connectivity index (χ0v) is 22.5. The lowest BCUT2D eigenvalue weighted by molar-refractivity contribution is -0.141. The average Bonchev–Trinajstić information content (AvgIpc) is 3.45. The van der Waals surface area contributed by atoms with Crippen molar-refractivity contribution in [2.24, 2.45) is 0 Å². The summed E-state index contributed by atoms with van der Waals surface area (Å²) >= 11 is 3.76. The highest BCUT2D eigenvalue weighted by Crippen LogP contribution is 2.51. The number of amides is 3. The molecule has 0 aliphatic carbocycles. The van der Waals surface area contributed by atoms with Crippen molar-refractivity contribution in [1.82, 2.24) is 20.9 Å². The number of hydrogen-bond donors (Lipinski definition) is 3. The summed E-state index contributed by atoms with van der Waals surface area (Å²) < 4.78 is 0.0171. The molecule has 1 aromatic rings. The number of nitrogens with zero attached hydrogens (tertiary/aromatic N) is 1. The van der Waals surface area contributed by atoms with Gasteiger partial charge in [-0.1, -0.05) is 43.7 Å². The lowest BCUT2D eigenvalue weighted by Crippen LogP contribution is -2.52. The third-order valence-electron chi connectivity index (χ3n) is 6.33. The highest BCUT2D eigenvalue weighted by molar-refractivity contribution is 8.21. The number of hydrogen-bond acceptors (Lipinski definition) is 8. The molecule has 3 rings (SSSR count). The molecule has 1 unspecified atom stereocenters. The van der Waals surface area contributed by atoms with Gasteiger partial charge in [-0.15, -0.1) is 23.5 Å². The third kappa shape index (κ3) is 7.10. The summed E-state index contributed by atoms with van der Waals surface area (Å²) in [5.74, 6) is -0.708. The number of rotatable bonds is 11. The van der Waals surface area contributed by atoms with Crippen molar-refractivity contribution >= 4 is 52.8 Å². The van der Waals surface area contributed by atoms with E-state index >= 15 is 0 Å². The van der Waals surface area contributed by atoms with Crippen LogP contribution in [0.25, 0.3) is 0 Å². The van der Waals surface area contributed by atoms with Gasteiger partial charge in [0.05, 0.1) is 22.7 Å². The standard InChI is InChI=1S/C25H34N4O5S2/c1-4-8-18(27-23(33)19-13-25(15-29(19)3)35-11-12-36-25)22(32)24(34)26-14-20(31)28-21(16(2)30)17-9-6-5-7-10-17/h5-7,9-10,18-19,21H,4,8,11-15H2,1-3H3,(H,26,34)(H,27,33)(H,28,31)/t18?,19-,21+/m0/s1. The van der Waals surface area contributed by atoms with E-state index < -0.39 is 36.2 Å². The largest absolute Gasteiger partial charge is 0.344 e. The molecule has 3 amide bonds. The van der Waals surface area contributed by atoms with Crippen LogP contribution in [0.5, 0.6) is 0 Å². The maximum Gasteiger partial charge on any atom is 0.290 e. The van der Waals surface area contributed by atoms with Crippen molar-refractivity contribution in [2.45, 2.75) is 55.3 Å². The molecule has 2 aliphatic heterocycles. The van der Waals surface area contributed by atoms with Crippen molar-refractivity contribution in [3.63, 3.8) is 0 Å². The van der Waals surface area contributed by atoms with E-state index in [9.17, 15) is 24.0 Å². The Hall–Kier alpha value is -2.37. The summed E-state index contributed by atoms with van der Waals surface area (Å²) in [5.41, 5.74) is 0.625. The number of nitrogens with one attached hydrogen (secondary N) is 3. The Kier molecular flexibility index (Phi) is 9.98. The van der Waals surface area contributed by atoms with Gasteiger partial charge in [0.15, 0.2) is 5.78 Å². The van der Waals surface area contributed by atoms with Crippen molar-refractivity contribution < 1.29 is 24.0 Å². The van der Waals surface area contributed by atoms with E-state index in [4.69, 9.17) is 0 Å². The molecule has 2 heterocycles. The van der Waals surface area contributed by atoms with Crippen molar-refractivity contribution in [1.29, 1.82) is 0 Å². The lowest BCUT2D eigenvalue weighted by Gasteiger charge is -2.22. The smallest absolute Gasteiger partial charge is 0.290 e. The highest BCUT2D eigenvalue weighted by atomic mass is 32.2. The molecule has 2 aliphatic rings. The zero-order valence-electron chi connectivity index (χ0n) is 20.9. The topological polar surface area (TPSA) is 125 Å². The Morgan fingerprint density at radius 3 is 2.36 bits per heavy atom. The number of carbonyl (C=O) groups is 5. The van der Waals surface area contributed by atoms with Crippen LogP contribution in [0.1, 0.15) is 44.7 Å². The van der Waals surface area contributed by atoms with Crippen LogP contribution >= 0.6 is 23.5 Å². The molecule has 1 aromatic carbocycles. The van der Waals surface area contributed by atoms with Gasteiger partial charge in [0.1, 0.15) is 6.04 Å². The van der Waals surface area contributed by atoms with Crippen LogP contribution in [-0.4, -0.2) is 82.0 Å². The van der Waals surface area contributed by atoms with Crippen LogP contribution < -0.4 is 16.0 Å². The van der Waals surface area contributed by atoms with Crippen LogP contribution in [0.3, 0.4) is 0 Å². The summed E-state index contributed by atoms with van der Waals surface area (Å²) in [4.78, 5) is 64.8. The second kappa shape index (κ2) is 12.7. The summed E-state index contributed by atoms with van der Waals surface area (Å²) in [6.45, 7) is 3.57. The molecule has 9 nitrogen and oxygen atoms in total. The number of thioether (sulfide) groups is 2. The second-order valence-electron chi connectivity index (χ2n) is 9.16. The number of likely N-dealkylation sites (tertiary alicyclic amines) is 1. The van der Waals surface area contributed by atoms with Crippen LogP contribution in [0.4, 0.5) is 0 Å². The van der Waals surface area contributed by atoms with Gasteiger partial charge < -0.3 is 16.0 Å². The van der Waals surface area contributed by atoms with E-state index in [0.717, 1.165) is 18.1 Å². The summed E-state index contributed by atoms with van der Waals surface area (Å²) in [7, 11) is 1.91. The monoisotopic (exact) mass is 534 g/mol. The Bertz CT molecular complexity index is 984. The van der Waals surface area contributed by atoms with Gasteiger partial charge in [0.25, 0.3) is 5.91 Å². The average molecular weight is 535 g/mol. The number of benzene rings is 1. The van der Waals surface area contributed by atoms with Gasteiger partial charge in [-0.25, -0.2) is 0 Å². The maximum absolute atomic E-state index is 13.0. The second-order valence-corrected chi connectivity index (χ2v) is 12.4. The van der Waals surface area contributed by atoms with Gasteiger partial charge in [0, 0.05) is 18.1 Å². The van der Waals surface area contributed by atoms with Crippen molar-refractivity contribution in [2.75, 3.05) is 31.6 Å². The lowest BCUT2D eigenvalue weighted by atomic mass is 10.0. The predicted octanol–water partition coefficient (Wildman–Crippen LogP) is 1.28. The first-order valence-corrected chi connectivity index (χ1v) is 14.1. The fourth-order valence-electron chi connectivity index (χ4n) is 4.51. The molecule has 11 heteroatoms. The molecule has 0 saturated carbocycles. The van der Waals surface area contributed by atoms with Crippen LogP contribution in [0.15, 0.2) is 30.3 Å². The van der Waals surface area contributed by atoms with Crippen molar-refractivity contribution in [3.8, 4) is 0 Å². The Morgan fingerprint density at radius 1 is 1.08 bits per heavy atom. The molecule has 196 valence electrons. The molecule has 3 atom stereocenters. The Balaban J connectivity index is 1.54. The fraction of sp³-hybridized carbons (Fsp3) is 0.560. The van der Waals surface area contributed by atoms with Crippen LogP contribution in [0, 0.1) is 0 Å². The van der Waals surface area contributed by atoms with E-state index in [-0.39, 0.29) is 21.8 Å². The molecule has 3 N–H and O–H groups in total. The van der Waals surface area contributed by atoms with Gasteiger partial charge in [-0.3, -0.25) is 28.9 Å². The van der Waals surface area contributed by atoms with E-state index in [1.165, 1.54) is 6.92 Å². The van der Waals surface area contributed by atoms with Gasteiger partial charge >= 0.3 is 0 Å². The number of ketones is 2. The number of carbonyl (C=O) groups excluding carboxylic acids is 5. The molecule has 0 bridgehead atoms. The zero-order chi connectivity index (χ0) is 26.3. The highest BCUT2D eigenvalue weighted by Gasteiger charge is 2.48. The van der Waals surface area contributed by atoms with E-state index in [1.807, 2.05) is 42.4 Å². The predicted molar refractivity (Wildman–Crippen MR) is 142 cm³/mol. The first kappa shape index (κ1) is 28.2. The first-order valence-electron chi connectivity index (χ1n) is 12.1. The molecule has 1 spiro atoms. The summed E-state index contributed by atoms with van der Waals surface area (Å²) in [6.07, 6.45) is 1.61. The summed E-state index contributed by atoms with van der Waals surface area (Å²) in [5, 5.41) is 7.69. The number of Topliss-reactive ketones (excluding diaryl/α,β-unsaturated/α-hetero) is 2. The fourth-order valence-corrected chi connectivity index (χ4v) is 7.90. The molecular weight excluding hydrogens is 500 g/mol. The quantitative estimate of drug-likeness (QED) is 0.363. The SMILES string of the molecule is CCCC(NC(=O)[C@@H]1CC2(CN1C)SCCS2)C(=O)C(=O)NCC(=O)N[C@H](C(C)=O)c1ccccc1. The maximum atomic E-state index is 13.0. The minimum Gasteiger partial charge on any atom is -0.344 e. The molecule has 0 aromatic heterocycles. The van der Waals surface area contributed by atoms with Gasteiger partial charge in [-0.05, 0) is 32.4 Å². The van der Waals surface area contributed by atoms with Crippen LogP contribution in [0.2, 0.25) is 0 Å². The van der Waals surface area contributed by atoms with Crippen LogP contribution in [-0.2, 0) is 24.0 Å². The Labute approximate surface area is 220 Å². The van der Waals surface area contributed by atoms with E-state index in [2.05, 4.69) is 16.0 Å². The molecule has 2 saturated heterocycles. The normalized spacial score (nSPS) is 20.5. The molecule has 2 fully saturated rings. The minimum absolute atomic E-state index is 0.0171. The molecule has 36 heavy (non-hydrogen) atoms. The molecular formula is C25H34N4O5S2. The minimum atomic E-state index is -0.964. The first-order chi connectivity index (χ1) is 17.2. The number of likely N-dealkylation sites (N-methyl/N-ethyl adjacent to an activating group) is 1. The summed E-state index contributed by atoms with van der Waals surface area (Å²) in [6, 6.07) is 6.60.